The molecule has 3 rings (SSSR count). The van der Waals surface area contributed by atoms with Crippen molar-refractivity contribution in [2.45, 2.75) is 26.4 Å². The van der Waals surface area contributed by atoms with Gasteiger partial charge in [-0.2, -0.15) is 10.2 Å². The highest BCUT2D eigenvalue weighted by atomic mass is 19.3. The highest BCUT2D eigenvalue weighted by Crippen LogP contribution is 2.18. The monoisotopic (exact) mass is 392 g/mol. The minimum absolute atomic E-state index is 0.0212. The van der Waals surface area contributed by atoms with Gasteiger partial charge in [-0.25, -0.2) is 8.78 Å². The Balaban J connectivity index is 1.67. The molecule has 0 aliphatic heterocycles. The number of rotatable bonds is 7. The smallest absolute Gasteiger partial charge is 0.282 e. The Morgan fingerprint density at radius 1 is 1.32 bits per heavy atom. The first-order valence-electron chi connectivity index (χ1n) is 8.30. The molecule has 0 aliphatic carbocycles. The second-order valence-electron chi connectivity index (χ2n) is 6.04. The third kappa shape index (κ3) is 4.42. The number of nitrogens with zero attached hydrogens (tertiary/aromatic N) is 4. The summed E-state index contributed by atoms with van der Waals surface area (Å²) in [5.41, 5.74) is 0.244. The third-order valence-corrected chi connectivity index (χ3v) is 3.84. The number of nitrogens with one attached hydrogen (secondary N) is 2. The molecule has 11 heteroatoms. The molecule has 0 aromatic carbocycles. The van der Waals surface area contributed by atoms with Crippen molar-refractivity contribution in [3.8, 4) is 0 Å². The van der Waals surface area contributed by atoms with E-state index in [0.717, 1.165) is 0 Å². The van der Waals surface area contributed by atoms with Crippen LogP contribution in [0.5, 0.6) is 0 Å². The van der Waals surface area contributed by atoms with Gasteiger partial charge >= 0.3 is 0 Å². The van der Waals surface area contributed by atoms with E-state index in [4.69, 9.17) is 4.42 Å². The topological polar surface area (TPSA) is 107 Å². The number of carbonyl (C=O) groups is 2. The number of hydrogen-bond donors (Lipinski definition) is 2. The molecule has 3 aromatic heterocycles. The molecule has 2 N–H and O–H groups in total. The maximum absolute atomic E-state index is 12.7. The molecule has 3 heterocycles. The zero-order valence-electron chi connectivity index (χ0n) is 15.1. The van der Waals surface area contributed by atoms with Crippen molar-refractivity contribution >= 4 is 17.5 Å². The van der Waals surface area contributed by atoms with Crippen molar-refractivity contribution in [2.75, 3.05) is 5.32 Å². The Kier molecular flexibility index (Phi) is 5.52. The summed E-state index contributed by atoms with van der Waals surface area (Å²) in [5, 5.41) is 13.0. The van der Waals surface area contributed by atoms with Gasteiger partial charge in [0.25, 0.3) is 12.3 Å². The van der Waals surface area contributed by atoms with Crippen LogP contribution in [-0.4, -0.2) is 31.4 Å². The summed E-state index contributed by atoms with van der Waals surface area (Å²) in [6.07, 6.45) is 0.246. The molecule has 0 radical (unpaired) electrons. The summed E-state index contributed by atoms with van der Waals surface area (Å²) in [5.74, 6) is -0.457. The van der Waals surface area contributed by atoms with Gasteiger partial charge < -0.3 is 15.1 Å². The summed E-state index contributed by atoms with van der Waals surface area (Å²) in [7, 11) is 1.60. The largest absolute Gasteiger partial charge is 0.467 e. The number of aryl methyl sites for hydroxylation is 2. The number of anilines is 1. The Morgan fingerprint density at radius 3 is 2.75 bits per heavy atom. The molecule has 0 unspecified atom stereocenters. The van der Waals surface area contributed by atoms with Crippen LogP contribution in [0.1, 0.15) is 34.1 Å². The van der Waals surface area contributed by atoms with Crippen LogP contribution in [-0.2, 0) is 24.9 Å². The molecule has 9 nitrogen and oxygen atoms in total. The van der Waals surface area contributed by atoms with Crippen LogP contribution in [0, 0.1) is 6.92 Å². The van der Waals surface area contributed by atoms with Crippen LogP contribution < -0.4 is 10.6 Å². The van der Waals surface area contributed by atoms with E-state index in [1.165, 1.54) is 27.9 Å². The SMILES string of the molecule is Cc1cc(C(F)F)nn1CC(=O)Nc1cn(C)nc1C(=O)NCc1ccco1. The first kappa shape index (κ1) is 19.3. The normalized spacial score (nSPS) is 11.0. The molecule has 0 atom stereocenters. The Morgan fingerprint density at radius 2 is 2.11 bits per heavy atom. The molecular formula is C17H18F2N6O3. The van der Waals surface area contributed by atoms with Gasteiger partial charge in [0, 0.05) is 18.9 Å². The molecule has 3 aromatic rings. The van der Waals surface area contributed by atoms with E-state index in [9.17, 15) is 18.4 Å². The van der Waals surface area contributed by atoms with Crippen molar-refractivity contribution in [1.29, 1.82) is 0 Å². The van der Waals surface area contributed by atoms with Gasteiger partial charge in [0.05, 0.1) is 18.5 Å². The predicted octanol–water partition coefficient (Wildman–Crippen LogP) is 2.02. The minimum Gasteiger partial charge on any atom is -0.467 e. The average Bonchev–Trinajstić information content (AvgIpc) is 3.34. The lowest BCUT2D eigenvalue weighted by Gasteiger charge is -2.07. The van der Waals surface area contributed by atoms with Crippen molar-refractivity contribution in [3.63, 3.8) is 0 Å². The standard InChI is InChI=1S/C17H18F2N6O3/c1-10-6-12(16(18)19)22-25(10)9-14(26)21-13-8-24(2)23-15(13)17(27)20-7-11-4-3-5-28-11/h3-6,8,16H,7,9H2,1-2H3,(H,20,27)(H,21,26). The number of amides is 2. The van der Waals surface area contributed by atoms with E-state index in [1.807, 2.05) is 0 Å². The molecule has 2 amide bonds. The van der Waals surface area contributed by atoms with Crippen LogP contribution in [0.15, 0.2) is 35.1 Å². The molecule has 0 aliphatic rings. The Labute approximate surface area is 158 Å². The van der Waals surface area contributed by atoms with Crippen LogP contribution in [0.3, 0.4) is 0 Å². The molecule has 0 saturated heterocycles. The van der Waals surface area contributed by atoms with E-state index < -0.39 is 23.9 Å². The Bertz CT molecular complexity index is 977. The van der Waals surface area contributed by atoms with Crippen molar-refractivity contribution in [1.82, 2.24) is 24.9 Å². The second kappa shape index (κ2) is 8.03. The summed E-state index contributed by atoms with van der Waals surface area (Å²) < 4.78 is 33.1. The highest BCUT2D eigenvalue weighted by molar-refractivity contribution is 6.02. The first-order valence-corrected chi connectivity index (χ1v) is 8.30. The molecule has 0 spiro atoms. The first-order chi connectivity index (χ1) is 13.3. The summed E-state index contributed by atoms with van der Waals surface area (Å²) in [4.78, 5) is 24.7. The van der Waals surface area contributed by atoms with E-state index in [2.05, 4.69) is 20.8 Å². The highest BCUT2D eigenvalue weighted by Gasteiger charge is 2.20. The maximum atomic E-state index is 12.7. The van der Waals surface area contributed by atoms with E-state index >= 15 is 0 Å². The number of aromatic nitrogens is 4. The van der Waals surface area contributed by atoms with Gasteiger partial charge in [-0.05, 0) is 25.1 Å². The fourth-order valence-corrected chi connectivity index (χ4v) is 2.54. The van der Waals surface area contributed by atoms with Gasteiger partial charge in [0.2, 0.25) is 5.91 Å². The zero-order chi connectivity index (χ0) is 20.3. The summed E-state index contributed by atoms with van der Waals surface area (Å²) in [6.45, 7) is 1.46. The van der Waals surface area contributed by atoms with E-state index in [0.29, 0.717) is 11.5 Å². The van der Waals surface area contributed by atoms with Gasteiger partial charge in [-0.15, -0.1) is 0 Å². The number of halogens is 2. The average molecular weight is 392 g/mol. The van der Waals surface area contributed by atoms with Crippen molar-refractivity contribution in [2.24, 2.45) is 7.05 Å². The van der Waals surface area contributed by atoms with Crippen LogP contribution in [0.4, 0.5) is 14.5 Å². The van der Waals surface area contributed by atoms with Crippen LogP contribution in [0.25, 0.3) is 0 Å². The summed E-state index contributed by atoms with van der Waals surface area (Å²) in [6, 6.07) is 4.63. The number of hydrogen-bond acceptors (Lipinski definition) is 5. The second-order valence-corrected chi connectivity index (χ2v) is 6.04. The molecule has 0 saturated carbocycles. The fourth-order valence-electron chi connectivity index (χ4n) is 2.54. The fraction of sp³-hybridized carbons (Fsp3) is 0.294. The zero-order valence-corrected chi connectivity index (χ0v) is 15.1. The minimum atomic E-state index is -2.72. The Hall–Kier alpha value is -3.50. The molecular weight excluding hydrogens is 374 g/mol. The number of furan rings is 1. The van der Waals surface area contributed by atoms with Gasteiger partial charge in [-0.3, -0.25) is 19.0 Å². The summed E-state index contributed by atoms with van der Waals surface area (Å²) >= 11 is 0. The van der Waals surface area contributed by atoms with Gasteiger partial charge in [0.15, 0.2) is 5.69 Å². The van der Waals surface area contributed by atoms with Crippen LogP contribution >= 0.6 is 0 Å². The molecule has 28 heavy (non-hydrogen) atoms. The van der Waals surface area contributed by atoms with E-state index in [1.54, 1.807) is 26.1 Å². The number of alkyl halides is 2. The van der Waals surface area contributed by atoms with Crippen molar-refractivity contribution in [3.05, 3.63) is 53.5 Å². The van der Waals surface area contributed by atoms with Crippen molar-refractivity contribution < 1.29 is 22.8 Å². The predicted molar refractivity (Wildman–Crippen MR) is 93.6 cm³/mol. The van der Waals surface area contributed by atoms with Gasteiger partial charge in [-0.1, -0.05) is 0 Å². The van der Waals surface area contributed by atoms with E-state index in [-0.39, 0.29) is 24.5 Å². The third-order valence-electron chi connectivity index (χ3n) is 3.84. The lowest BCUT2D eigenvalue weighted by molar-refractivity contribution is -0.117. The van der Waals surface area contributed by atoms with Gasteiger partial charge in [0.1, 0.15) is 18.0 Å². The molecule has 0 fully saturated rings. The number of carbonyl (C=O) groups excluding carboxylic acids is 2. The quantitative estimate of drug-likeness (QED) is 0.640. The lowest BCUT2D eigenvalue weighted by Crippen LogP contribution is -2.26. The lowest BCUT2D eigenvalue weighted by atomic mass is 10.3. The van der Waals surface area contributed by atoms with Crippen LogP contribution in [0.2, 0.25) is 0 Å². The molecule has 148 valence electrons. The molecule has 0 bridgehead atoms. The maximum Gasteiger partial charge on any atom is 0.282 e.